The summed E-state index contributed by atoms with van der Waals surface area (Å²) in [7, 11) is 0. The smallest absolute Gasteiger partial charge is 0.267 e. The van der Waals surface area contributed by atoms with Gasteiger partial charge >= 0.3 is 0 Å². The molecule has 0 bridgehead atoms. The van der Waals surface area contributed by atoms with Crippen LogP contribution in [0.1, 0.15) is 21.6 Å². The summed E-state index contributed by atoms with van der Waals surface area (Å²) in [6.07, 6.45) is 3.00. The zero-order chi connectivity index (χ0) is 15.2. The van der Waals surface area contributed by atoms with Crippen molar-refractivity contribution in [3.05, 3.63) is 69.5 Å². The third-order valence-corrected chi connectivity index (χ3v) is 2.80. The monoisotopic (exact) mass is 284 g/mol. The molecule has 0 atom stereocenters. The van der Waals surface area contributed by atoms with Crippen LogP contribution in [-0.4, -0.2) is 22.0 Å². The number of amides is 1. The van der Waals surface area contributed by atoms with Crippen molar-refractivity contribution in [2.45, 2.75) is 6.92 Å². The predicted octanol–water partition coefficient (Wildman–Crippen LogP) is 2.06. The van der Waals surface area contributed by atoms with Gasteiger partial charge in [0.05, 0.1) is 22.4 Å². The number of nitrogens with one attached hydrogen (secondary N) is 1. The molecule has 0 saturated heterocycles. The van der Waals surface area contributed by atoms with E-state index in [9.17, 15) is 14.9 Å². The van der Waals surface area contributed by atoms with Crippen molar-refractivity contribution in [1.29, 1.82) is 0 Å². The summed E-state index contributed by atoms with van der Waals surface area (Å²) in [6, 6.07) is 9.61. The Morgan fingerprint density at radius 1 is 1.33 bits per heavy atom. The van der Waals surface area contributed by atoms with E-state index in [0.29, 0.717) is 11.3 Å². The van der Waals surface area contributed by atoms with Crippen LogP contribution in [0.2, 0.25) is 0 Å². The predicted molar refractivity (Wildman–Crippen MR) is 77.1 cm³/mol. The minimum Gasteiger partial charge on any atom is -0.267 e. The maximum Gasteiger partial charge on any atom is 0.273 e. The molecule has 7 nitrogen and oxygen atoms in total. The number of nitro benzene ring substituents is 1. The number of hydrazone groups is 1. The number of carbonyl (C=O) groups excluding carboxylic acids is 1. The van der Waals surface area contributed by atoms with E-state index in [4.69, 9.17) is 0 Å². The Hall–Kier alpha value is -3.09. The number of hydrogen-bond donors (Lipinski definition) is 1. The van der Waals surface area contributed by atoms with E-state index in [-0.39, 0.29) is 11.3 Å². The highest BCUT2D eigenvalue weighted by molar-refractivity contribution is 5.97. The van der Waals surface area contributed by atoms with Crippen LogP contribution < -0.4 is 5.43 Å². The summed E-state index contributed by atoms with van der Waals surface area (Å²) < 4.78 is 0. The molecule has 2 aromatic rings. The molecule has 1 aromatic heterocycles. The molecule has 0 aliphatic rings. The summed E-state index contributed by atoms with van der Waals surface area (Å²) >= 11 is 0. The number of aromatic nitrogens is 1. The maximum atomic E-state index is 12.0. The first-order chi connectivity index (χ1) is 10.1. The Bertz CT molecular complexity index is 699. The van der Waals surface area contributed by atoms with Gasteiger partial charge in [0.25, 0.3) is 11.6 Å². The molecule has 7 heteroatoms. The van der Waals surface area contributed by atoms with E-state index in [1.165, 1.54) is 31.3 Å². The average Bonchev–Trinajstić information content (AvgIpc) is 2.48. The molecular formula is C14H12N4O3. The molecule has 106 valence electrons. The molecule has 0 aliphatic heterocycles. The van der Waals surface area contributed by atoms with Crippen molar-refractivity contribution in [2.75, 3.05) is 0 Å². The average molecular weight is 284 g/mol. The van der Waals surface area contributed by atoms with Crippen LogP contribution >= 0.6 is 0 Å². The minimum atomic E-state index is -0.525. The quantitative estimate of drug-likeness (QED) is 0.528. The Balaban J connectivity index is 2.13. The largest absolute Gasteiger partial charge is 0.273 e. The molecule has 0 spiro atoms. The van der Waals surface area contributed by atoms with E-state index in [2.05, 4.69) is 15.5 Å². The molecule has 0 fully saturated rings. The Morgan fingerprint density at radius 3 is 2.81 bits per heavy atom. The zero-order valence-corrected chi connectivity index (χ0v) is 11.2. The fourth-order valence-corrected chi connectivity index (χ4v) is 1.74. The van der Waals surface area contributed by atoms with Crippen molar-refractivity contribution in [1.82, 2.24) is 10.4 Å². The van der Waals surface area contributed by atoms with Gasteiger partial charge in [-0.25, -0.2) is 5.43 Å². The first kappa shape index (κ1) is 14.3. The number of nitrogens with zero attached hydrogens (tertiary/aromatic N) is 3. The van der Waals surface area contributed by atoms with Gasteiger partial charge in [-0.1, -0.05) is 12.1 Å². The molecule has 1 heterocycles. The molecular weight excluding hydrogens is 272 g/mol. The molecule has 0 radical (unpaired) electrons. The summed E-state index contributed by atoms with van der Waals surface area (Å²) in [5.74, 6) is -0.511. The van der Waals surface area contributed by atoms with Crippen LogP contribution in [0.5, 0.6) is 0 Å². The first-order valence-electron chi connectivity index (χ1n) is 6.08. The summed E-state index contributed by atoms with van der Waals surface area (Å²) in [5.41, 5.74) is 3.32. The Morgan fingerprint density at radius 2 is 2.14 bits per heavy atom. The maximum absolute atomic E-state index is 12.0. The summed E-state index contributed by atoms with van der Waals surface area (Å²) in [5, 5.41) is 14.6. The Labute approximate surface area is 120 Å². The van der Waals surface area contributed by atoms with E-state index in [1.807, 2.05) is 0 Å². The van der Waals surface area contributed by atoms with Crippen LogP contribution in [0.4, 0.5) is 5.69 Å². The topological polar surface area (TPSA) is 97.5 Å². The minimum absolute atomic E-state index is 0.101. The lowest BCUT2D eigenvalue weighted by molar-refractivity contribution is -0.385. The Kier molecular flexibility index (Phi) is 4.35. The second-order valence-electron chi connectivity index (χ2n) is 4.16. The first-order valence-corrected chi connectivity index (χ1v) is 6.08. The molecule has 1 N–H and O–H groups in total. The lowest BCUT2D eigenvalue weighted by Gasteiger charge is -2.04. The van der Waals surface area contributed by atoms with E-state index < -0.39 is 10.8 Å². The highest BCUT2D eigenvalue weighted by Crippen LogP contribution is 2.20. The number of rotatable bonds is 4. The normalized spacial score (nSPS) is 10.5. The number of hydrogen-bond acceptors (Lipinski definition) is 5. The second kappa shape index (κ2) is 6.38. The molecule has 21 heavy (non-hydrogen) atoms. The van der Waals surface area contributed by atoms with E-state index >= 15 is 0 Å². The molecule has 0 aliphatic carbocycles. The standard InChI is InChI=1S/C14H12N4O3/c1-10-12(6-4-7-13(10)18(20)21)14(19)17-16-9-11-5-2-3-8-15-11/h2-9H,1H3,(H,17,19). The molecule has 2 rings (SSSR count). The van der Waals surface area contributed by atoms with Crippen molar-refractivity contribution in [3.8, 4) is 0 Å². The number of carbonyl (C=O) groups is 1. The van der Waals surface area contributed by atoms with Gasteiger partial charge in [-0.15, -0.1) is 0 Å². The van der Waals surface area contributed by atoms with Gasteiger partial charge in [0, 0.05) is 17.8 Å². The van der Waals surface area contributed by atoms with Crippen LogP contribution in [0, 0.1) is 17.0 Å². The lowest BCUT2D eigenvalue weighted by atomic mass is 10.1. The fraction of sp³-hybridized carbons (Fsp3) is 0.0714. The van der Waals surface area contributed by atoms with Gasteiger partial charge in [-0.05, 0) is 25.1 Å². The van der Waals surface area contributed by atoms with Crippen molar-refractivity contribution >= 4 is 17.8 Å². The van der Waals surface area contributed by atoms with Gasteiger partial charge in [-0.3, -0.25) is 19.9 Å². The summed E-state index contributed by atoms with van der Waals surface area (Å²) in [6.45, 7) is 1.52. The van der Waals surface area contributed by atoms with Crippen LogP contribution in [0.3, 0.4) is 0 Å². The van der Waals surface area contributed by atoms with Crippen LogP contribution in [0.15, 0.2) is 47.7 Å². The lowest BCUT2D eigenvalue weighted by Crippen LogP contribution is -2.19. The van der Waals surface area contributed by atoms with E-state index in [1.54, 1.807) is 24.4 Å². The highest BCUT2D eigenvalue weighted by atomic mass is 16.6. The van der Waals surface area contributed by atoms with Gasteiger partial charge in [0.1, 0.15) is 0 Å². The van der Waals surface area contributed by atoms with Crippen molar-refractivity contribution in [3.63, 3.8) is 0 Å². The molecule has 1 aromatic carbocycles. The number of benzene rings is 1. The zero-order valence-electron chi connectivity index (χ0n) is 11.2. The second-order valence-corrected chi connectivity index (χ2v) is 4.16. The molecule has 1 amide bonds. The third kappa shape index (κ3) is 3.47. The fourth-order valence-electron chi connectivity index (χ4n) is 1.74. The van der Waals surface area contributed by atoms with Gasteiger partial charge < -0.3 is 0 Å². The van der Waals surface area contributed by atoms with Gasteiger partial charge in [0.2, 0.25) is 0 Å². The third-order valence-electron chi connectivity index (χ3n) is 2.80. The van der Waals surface area contributed by atoms with Gasteiger partial charge in [-0.2, -0.15) is 5.10 Å². The SMILES string of the molecule is Cc1c(C(=O)NN=Cc2ccccn2)cccc1[N+](=O)[O-]. The van der Waals surface area contributed by atoms with Crippen LogP contribution in [-0.2, 0) is 0 Å². The number of pyridine rings is 1. The van der Waals surface area contributed by atoms with Crippen molar-refractivity contribution < 1.29 is 9.72 Å². The van der Waals surface area contributed by atoms with Crippen LogP contribution in [0.25, 0.3) is 0 Å². The van der Waals surface area contributed by atoms with E-state index in [0.717, 1.165) is 0 Å². The highest BCUT2D eigenvalue weighted by Gasteiger charge is 2.17. The molecule has 0 saturated carbocycles. The van der Waals surface area contributed by atoms with Gasteiger partial charge in [0.15, 0.2) is 0 Å². The molecule has 0 unspecified atom stereocenters. The summed E-state index contributed by atoms with van der Waals surface area (Å²) in [4.78, 5) is 26.3. The number of nitro groups is 1. The van der Waals surface area contributed by atoms with Crippen molar-refractivity contribution in [2.24, 2.45) is 5.10 Å².